The fourth-order valence-electron chi connectivity index (χ4n) is 2.64. The molecule has 0 saturated heterocycles. The molecule has 0 bridgehead atoms. The maximum atomic E-state index is 3.31. The fourth-order valence-corrected chi connectivity index (χ4v) is 11.1. The number of aromatic amines is 1. The van der Waals surface area contributed by atoms with Crippen LogP contribution >= 0.6 is 0 Å². The van der Waals surface area contributed by atoms with Crippen molar-refractivity contribution in [3.8, 4) is 0 Å². The first kappa shape index (κ1) is 16.4. The summed E-state index contributed by atoms with van der Waals surface area (Å²) in [6.45, 7) is 0. The summed E-state index contributed by atoms with van der Waals surface area (Å²) in [6.07, 6.45) is 1.40. The van der Waals surface area contributed by atoms with Crippen LogP contribution in [0.15, 0.2) is 97.3 Å². The second-order valence-electron chi connectivity index (χ2n) is 5.23. The molecule has 0 fully saturated rings. The molecule has 4 aromatic rings. The van der Waals surface area contributed by atoms with Crippen LogP contribution in [-0.4, -0.2) is 40.4 Å². The Labute approximate surface area is 148 Å². The summed E-state index contributed by atoms with van der Waals surface area (Å²) < 4.78 is 4.63. The Kier molecular flexibility index (Phi) is 6.13. The van der Waals surface area contributed by atoms with Gasteiger partial charge in [-0.25, -0.2) is 5.10 Å². The van der Waals surface area contributed by atoms with Gasteiger partial charge in [-0.15, -0.1) is 5.10 Å². The quantitative estimate of drug-likeness (QED) is 0.505. The van der Waals surface area contributed by atoms with Gasteiger partial charge in [0, 0.05) is 0 Å². The first-order valence-corrected chi connectivity index (χ1v) is 12.7. The van der Waals surface area contributed by atoms with Gasteiger partial charge in [0.1, 0.15) is 6.33 Å². The van der Waals surface area contributed by atoms with Crippen LogP contribution in [0.3, 0.4) is 0 Å². The van der Waals surface area contributed by atoms with Gasteiger partial charge >= 0.3 is 121 Å². The molecule has 0 aliphatic carbocycles. The third-order valence-electron chi connectivity index (χ3n) is 3.67. The number of tetrazole rings is 1. The Hall–Kier alpha value is -2.47. The molecule has 24 heavy (non-hydrogen) atoms. The topological polar surface area (TPSA) is 54.5 Å². The normalized spacial score (nSPS) is 10.0. The minimum absolute atomic E-state index is 1.40. The van der Waals surface area contributed by atoms with Crippen molar-refractivity contribution in [1.29, 1.82) is 0 Å². The van der Waals surface area contributed by atoms with Gasteiger partial charge in [-0.1, -0.05) is 0 Å². The first-order chi connectivity index (χ1) is 11.9. The van der Waals surface area contributed by atoms with Crippen LogP contribution in [-0.2, 0) is 0 Å². The van der Waals surface area contributed by atoms with E-state index >= 15 is 0 Å². The zero-order valence-electron chi connectivity index (χ0n) is 13.2. The molecule has 0 atom stereocenters. The summed E-state index contributed by atoms with van der Waals surface area (Å²) in [6, 6.07) is 33.0. The Balaban J connectivity index is 0.000000290. The van der Waals surface area contributed by atoms with Crippen LogP contribution < -0.4 is 10.7 Å². The average Bonchev–Trinajstić information content (AvgIpc) is 3.25. The molecule has 0 amide bonds. The summed E-state index contributed by atoms with van der Waals surface area (Å²) >= 11 is -2.14. The van der Waals surface area contributed by atoms with Crippen molar-refractivity contribution in [2.24, 2.45) is 0 Å². The predicted molar refractivity (Wildman–Crippen MR) is 99.6 cm³/mol. The van der Waals surface area contributed by atoms with Gasteiger partial charge in [-0.3, -0.25) is 0 Å². The Morgan fingerprint density at radius 2 is 1.00 bits per heavy atom. The SMILES string of the molecule is c1cc[c]([SnH]([c]2ccccc2)[c]2ccccc2)cc1.c1nnn[nH]1. The molecule has 4 nitrogen and oxygen atoms in total. The molecule has 0 saturated carbocycles. The van der Waals surface area contributed by atoms with Crippen LogP contribution in [0.4, 0.5) is 0 Å². The summed E-state index contributed by atoms with van der Waals surface area (Å²) in [5, 5.41) is 12.1. The van der Waals surface area contributed by atoms with E-state index in [1.54, 1.807) is 10.7 Å². The van der Waals surface area contributed by atoms with Crippen LogP contribution in [0, 0.1) is 0 Å². The van der Waals surface area contributed by atoms with Crippen molar-refractivity contribution in [2.45, 2.75) is 0 Å². The van der Waals surface area contributed by atoms with E-state index in [9.17, 15) is 0 Å². The molecule has 0 aliphatic rings. The second kappa shape index (κ2) is 8.98. The van der Waals surface area contributed by atoms with Crippen molar-refractivity contribution in [1.82, 2.24) is 20.6 Å². The van der Waals surface area contributed by atoms with Crippen molar-refractivity contribution < 1.29 is 0 Å². The molecule has 0 spiro atoms. The maximum Gasteiger partial charge on any atom is 0.135 e. The third-order valence-corrected chi connectivity index (χ3v) is 12.7. The van der Waals surface area contributed by atoms with Crippen molar-refractivity contribution >= 4 is 30.5 Å². The van der Waals surface area contributed by atoms with Gasteiger partial charge in [-0.2, -0.15) is 0 Å². The summed E-state index contributed by atoms with van der Waals surface area (Å²) in [4.78, 5) is 0. The Morgan fingerprint density at radius 3 is 1.25 bits per heavy atom. The number of hydrogen-bond acceptors (Lipinski definition) is 3. The number of hydrogen-bond donors (Lipinski definition) is 1. The van der Waals surface area contributed by atoms with Crippen molar-refractivity contribution in [3.63, 3.8) is 0 Å². The molecule has 1 aromatic heterocycles. The van der Waals surface area contributed by atoms with Gasteiger partial charge in [0.25, 0.3) is 0 Å². The van der Waals surface area contributed by atoms with Crippen LogP contribution in [0.2, 0.25) is 0 Å². The van der Waals surface area contributed by atoms with E-state index in [-0.39, 0.29) is 0 Å². The van der Waals surface area contributed by atoms with Crippen LogP contribution in [0.1, 0.15) is 0 Å². The minimum Gasteiger partial charge on any atom is -0.246 e. The molecular formula is C19H18N4Sn. The number of nitrogens with one attached hydrogen (secondary N) is 1. The van der Waals surface area contributed by atoms with Crippen LogP contribution in [0.5, 0.6) is 0 Å². The molecule has 4 rings (SSSR count). The third kappa shape index (κ3) is 4.52. The number of rotatable bonds is 3. The van der Waals surface area contributed by atoms with Gasteiger partial charge < -0.3 is 0 Å². The molecule has 1 N–H and O–H groups in total. The molecule has 5 heteroatoms. The van der Waals surface area contributed by atoms with E-state index in [4.69, 9.17) is 0 Å². The zero-order valence-corrected chi connectivity index (χ0v) is 16.5. The molecule has 0 aliphatic heterocycles. The van der Waals surface area contributed by atoms with Gasteiger partial charge in [0.05, 0.1) is 0 Å². The number of H-pyrrole nitrogens is 1. The summed E-state index contributed by atoms with van der Waals surface area (Å²) in [5.74, 6) is 0. The van der Waals surface area contributed by atoms with E-state index in [2.05, 4.69) is 112 Å². The summed E-state index contributed by atoms with van der Waals surface area (Å²) in [5.41, 5.74) is 0. The number of benzene rings is 3. The zero-order chi connectivity index (χ0) is 16.5. The minimum atomic E-state index is -2.14. The van der Waals surface area contributed by atoms with Gasteiger partial charge in [-0.05, 0) is 10.4 Å². The predicted octanol–water partition coefficient (Wildman–Crippen LogP) is 1.13. The van der Waals surface area contributed by atoms with E-state index in [0.717, 1.165) is 0 Å². The van der Waals surface area contributed by atoms with Gasteiger partial charge in [0.15, 0.2) is 0 Å². The van der Waals surface area contributed by atoms with E-state index in [0.29, 0.717) is 0 Å². The van der Waals surface area contributed by atoms with E-state index in [1.807, 2.05) is 0 Å². The van der Waals surface area contributed by atoms with Crippen molar-refractivity contribution in [2.75, 3.05) is 0 Å². The standard InChI is InChI=1S/3C6H5.CH2N4.Sn.H/c3*1-2-4-6-5-3-1;1-2-4-5-3-1;;/h3*1-5H;1H,(H,2,3,4,5);;. The monoisotopic (exact) mass is 422 g/mol. The van der Waals surface area contributed by atoms with Crippen LogP contribution in [0.25, 0.3) is 0 Å². The largest absolute Gasteiger partial charge is 0.246 e. The van der Waals surface area contributed by atoms with Gasteiger partial charge in [0.2, 0.25) is 0 Å². The molecule has 1 heterocycles. The molecular weight excluding hydrogens is 403 g/mol. The number of aromatic nitrogens is 4. The maximum absolute atomic E-state index is 3.31. The second-order valence-corrected chi connectivity index (χ2v) is 13.4. The van der Waals surface area contributed by atoms with Crippen molar-refractivity contribution in [3.05, 3.63) is 97.3 Å². The Morgan fingerprint density at radius 1 is 0.583 bits per heavy atom. The molecule has 3 aromatic carbocycles. The molecule has 0 radical (unpaired) electrons. The fraction of sp³-hybridized carbons (Fsp3) is 0. The van der Waals surface area contributed by atoms with E-state index < -0.39 is 19.8 Å². The average molecular weight is 421 g/mol. The molecule has 118 valence electrons. The Bertz CT molecular complexity index is 695. The van der Waals surface area contributed by atoms with E-state index in [1.165, 1.54) is 6.33 Å². The molecule has 0 unspecified atom stereocenters. The number of nitrogens with zero attached hydrogens (tertiary/aromatic N) is 3. The first-order valence-electron chi connectivity index (χ1n) is 7.77. The summed E-state index contributed by atoms with van der Waals surface area (Å²) in [7, 11) is 0. The smallest absolute Gasteiger partial charge is 0.135 e.